The van der Waals surface area contributed by atoms with E-state index in [1.807, 2.05) is 36.1 Å². The minimum atomic E-state index is -0.813. The summed E-state index contributed by atoms with van der Waals surface area (Å²) in [6.07, 6.45) is 1.57. The molecule has 7 nitrogen and oxygen atoms in total. The standard InChI is InChI=1S/C17H22N4O3S/c1-2-21(10-16(22)23)12-7-11(8-12)19-17(24)18-9-15-20-13-5-3-4-6-14(13)25-15/h3-6,11-12H,2,7-10H2,1H3,(H,22,23)(H2,18,19,24). The van der Waals surface area contributed by atoms with Crippen molar-refractivity contribution in [3.63, 3.8) is 0 Å². The first-order valence-corrected chi connectivity index (χ1v) is 9.21. The molecule has 1 heterocycles. The molecule has 1 aromatic heterocycles. The first-order valence-electron chi connectivity index (χ1n) is 8.39. The zero-order chi connectivity index (χ0) is 17.8. The van der Waals surface area contributed by atoms with Gasteiger partial charge in [-0.1, -0.05) is 19.1 Å². The number of aromatic nitrogens is 1. The minimum Gasteiger partial charge on any atom is -0.480 e. The maximum absolute atomic E-state index is 12.0. The third kappa shape index (κ3) is 4.46. The van der Waals surface area contributed by atoms with Crippen LogP contribution in [0.2, 0.25) is 0 Å². The van der Waals surface area contributed by atoms with E-state index in [1.165, 1.54) is 0 Å². The second-order valence-corrected chi connectivity index (χ2v) is 7.30. The molecule has 0 unspecified atom stereocenters. The van der Waals surface area contributed by atoms with E-state index in [0.29, 0.717) is 13.1 Å². The van der Waals surface area contributed by atoms with Crippen molar-refractivity contribution < 1.29 is 14.7 Å². The van der Waals surface area contributed by atoms with Crippen molar-refractivity contribution in [1.29, 1.82) is 0 Å². The number of para-hydroxylation sites is 1. The van der Waals surface area contributed by atoms with Gasteiger partial charge in [0.2, 0.25) is 0 Å². The predicted molar refractivity (Wildman–Crippen MR) is 96.7 cm³/mol. The number of hydrogen-bond donors (Lipinski definition) is 3. The molecule has 1 aliphatic carbocycles. The lowest BCUT2D eigenvalue weighted by Gasteiger charge is -2.42. The van der Waals surface area contributed by atoms with E-state index in [0.717, 1.165) is 28.1 Å². The molecule has 1 aliphatic rings. The van der Waals surface area contributed by atoms with Crippen molar-refractivity contribution in [2.75, 3.05) is 13.1 Å². The lowest BCUT2D eigenvalue weighted by Crippen LogP contribution is -2.56. The van der Waals surface area contributed by atoms with Crippen LogP contribution in [0.5, 0.6) is 0 Å². The van der Waals surface area contributed by atoms with E-state index in [9.17, 15) is 9.59 Å². The predicted octanol–water partition coefficient (Wildman–Crippen LogP) is 2.03. The van der Waals surface area contributed by atoms with Gasteiger partial charge in [0.15, 0.2) is 0 Å². The van der Waals surface area contributed by atoms with Crippen molar-refractivity contribution in [3.8, 4) is 0 Å². The van der Waals surface area contributed by atoms with E-state index in [1.54, 1.807) is 11.3 Å². The first kappa shape index (κ1) is 17.6. The monoisotopic (exact) mass is 362 g/mol. The Morgan fingerprint density at radius 3 is 2.80 bits per heavy atom. The molecule has 2 amide bonds. The van der Waals surface area contributed by atoms with Crippen molar-refractivity contribution in [3.05, 3.63) is 29.3 Å². The van der Waals surface area contributed by atoms with Gasteiger partial charge in [0, 0.05) is 12.1 Å². The van der Waals surface area contributed by atoms with Gasteiger partial charge < -0.3 is 15.7 Å². The average molecular weight is 362 g/mol. The fourth-order valence-corrected chi connectivity index (χ4v) is 3.97. The zero-order valence-electron chi connectivity index (χ0n) is 14.1. The molecule has 1 saturated carbocycles. The Balaban J connectivity index is 1.41. The van der Waals surface area contributed by atoms with Crippen LogP contribution < -0.4 is 10.6 Å². The lowest BCUT2D eigenvalue weighted by atomic mass is 9.85. The molecule has 25 heavy (non-hydrogen) atoms. The molecule has 0 aliphatic heterocycles. The summed E-state index contributed by atoms with van der Waals surface area (Å²) in [5, 5.41) is 15.6. The number of likely N-dealkylation sites (N-methyl/N-ethyl adjacent to an activating group) is 1. The highest BCUT2D eigenvalue weighted by Gasteiger charge is 2.34. The number of nitrogens with one attached hydrogen (secondary N) is 2. The number of fused-ring (bicyclic) bond motifs is 1. The van der Waals surface area contributed by atoms with E-state index in [2.05, 4.69) is 15.6 Å². The largest absolute Gasteiger partial charge is 0.480 e. The SMILES string of the molecule is CCN(CC(=O)O)C1CC(NC(=O)NCc2nc3ccccc3s2)C1. The van der Waals surface area contributed by atoms with Crippen molar-refractivity contribution in [2.24, 2.45) is 0 Å². The number of amides is 2. The highest BCUT2D eigenvalue weighted by Crippen LogP contribution is 2.25. The number of urea groups is 1. The molecule has 1 aromatic carbocycles. The highest BCUT2D eigenvalue weighted by molar-refractivity contribution is 7.18. The first-order chi connectivity index (χ1) is 12.0. The van der Waals surface area contributed by atoms with Crippen LogP contribution in [-0.4, -0.2) is 52.2 Å². The molecular formula is C17H22N4O3S. The number of thiazole rings is 1. The van der Waals surface area contributed by atoms with Crippen LogP contribution in [0.25, 0.3) is 10.2 Å². The van der Waals surface area contributed by atoms with Crippen LogP contribution in [0.15, 0.2) is 24.3 Å². The fraction of sp³-hybridized carbons (Fsp3) is 0.471. The van der Waals surface area contributed by atoms with Crippen LogP contribution in [0.1, 0.15) is 24.8 Å². The fourth-order valence-electron chi connectivity index (χ4n) is 3.06. The Morgan fingerprint density at radius 2 is 2.12 bits per heavy atom. The summed E-state index contributed by atoms with van der Waals surface area (Å²) in [5.74, 6) is -0.813. The summed E-state index contributed by atoms with van der Waals surface area (Å²) in [4.78, 5) is 29.3. The van der Waals surface area contributed by atoms with Crippen LogP contribution in [0.3, 0.4) is 0 Å². The van der Waals surface area contributed by atoms with Gasteiger partial charge in [0.05, 0.1) is 23.3 Å². The summed E-state index contributed by atoms with van der Waals surface area (Å²) in [7, 11) is 0. The number of carbonyl (C=O) groups is 2. The number of hydrogen-bond acceptors (Lipinski definition) is 5. The Hall–Kier alpha value is -2.19. The smallest absolute Gasteiger partial charge is 0.317 e. The van der Waals surface area contributed by atoms with E-state index < -0.39 is 5.97 Å². The molecule has 2 aromatic rings. The molecule has 3 rings (SSSR count). The summed E-state index contributed by atoms with van der Waals surface area (Å²) >= 11 is 1.57. The van der Waals surface area contributed by atoms with Crippen LogP contribution in [0.4, 0.5) is 4.79 Å². The quantitative estimate of drug-likeness (QED) is 0.701. The average Bonchev–Trinajstić information content (AvgIpc) is 2.96. The van der Waals surface area contributed by atoms with Crippen molar-refractivity contribution in [1.82, 2.24) is 20.5 Å². The summed E-state index contributed by atoms with van der Waals surface area (Å²) < 4.78 is 1.11. The van der Waals surface area contributed by atoms with Gasteiger partial charge in [0.1, 0.15) is 5.01 Å². The van der Waals surface area contributed by atoms with Gasteiger partial charge in [-0.3, -0.25) is 9.69 Å². The van der Waals surface area contributed by atoms with Gasteiger partial charge in [-0.15, -0.1) is 11.3 Å². The van der Waals surface area contributed by atoms with Crippen molar-refractivity contribution >= 4 is 33.6 Å². The van der Waals surface area contributed by atoms with E-state index in [4.69, 9.17) is 5.11 Å². The van der Waals surface area contributed by atoms with Crippen LogP contribution in [0, 0.1) is 0 Å². The Kier molecular flexibility index (Phi) is 5.50. The third-order valence-corrected chi connectivity index (χ3v) is 5.48. The minimum absolute atomic E-state index is 0.0533. The molecule has 0 saturated heterocycles. The normalized spacial score (nSPS) is 19.6. The Morgan fingerprint density at radius 1 is 1.36 bits per heavy atom. The van der Waals surface area contributed by atoms with Gasteiger partial charge in [0.25, 0.3) is 0 Å². The molecule has 0 spiro atoms. The van der Waals surface area contributed by atoms with Crippen LogP contribution >= 0.6 is 11.3 Å². The molecule has 0 radical (unpaired) electrons. The molecule has 3 N–H and O–H groups in total. The zero-order valence-corrected chi connectivity index (χ0v) is 14.9. The molecule has 0 atom stereocenters. The molecule has 8 heteroatoms. The number of carbonyl (C=O) groups excluding carboxylic acids is 1. The molecular weight excluding hydrogens is 340 g/mol. The van der Waals surface area contributed by atoms with E-state index >= 15 is 0 Å². The Bertz CT molecular complexity index is 724. The summed E-state index contributed by atoms with van der Waals surface area (Å²) in [6, 6.07) is 8.02. The van der Waals surface area contributed by atoms with Gasteiger partial charge in [-0.2, -0.15) is 0 Å². The molecule has 134 valence electrons. The van der Waals surface area contributed by atoms with Crippen LogP contribution in [-0.2, 0) is 11.3 Å². The number of carboxylic acids is 1. The maximum atomic E-state index is 12.0. The highest BCUT2D eigenvalue weighted by atomic mass is 32.1. The molecule has 0 bridgehead atoms. The third-order valence-electron chi connectivity index (χ3n) is 4.45. The maximum Gasteiger partial charge on any atom is 0.317 e. The topological polar surface area (TPSA) is 94.6 Å². The number of aliphatic carboxylic acids is 1. The van der Waals surface area contributed by atoms with E-state index in [-0.39, 0.29) is 24.7 Å². The number of nitrogens with zero attached hydrogens (tertiary/aromatic N) is 2. The van der Waals surface area contributed by atoms with Gasteiger partial charge in [-0.25, -0.2) is 9.78 Å². The summed E-state index contributed by atoms with van der Waals surface area (Å²) in [6.45, 7) is 3.11. The lowest BCUT2D eigenvalue weighted by molar-refractivity contribution is -0.139. The molecule has 1 fully saturated rings. The number of carboxylic acid groups (broad SMARTS) is 1. The second kappa shape index (κ2) is 7.79. The van der Waals surface area contributed by atoms with Gasteiger partial charge >= 0.3 is 12.0 Å². The summed E-state index contributed by atoms with van der Waals surface area (Å²) in [5.41, 5.74) is 0.949. The number of benzene rings is 1. The Labute approximate surface area is 150 Å². The van der Waals surface area contributed by atoms with Crippen molar-refractivity contribution in [2.45, 2.75) is 38.4 Å². The second-order valence-electron chi connectivity index (χ2n) is 6.18. The number of rotatable bonds is 7. The van der Waals surface area contributed by atoms with Gasteiger partial charge in [-0.05, 0) is 31.5 Å².